The maximum absolute atomic E-state index is 13.0. The lowest BCUT2D eigenvalue weighted by Crippen LogP contribution is -2.19. The summed E-state index contributed by atoms with van der Waals surface area (Å²) < 4.78 is 18.9. The zero-order valence-corrected chi connectivity index (χ0v) is 19.2. The summed E-state index contributed by atoms with van der Waals surface area (Å²) >= 11 is 14.0. The molecule has 32 heavy (non-hydrogen) atoms. The van der Waals surface area contributed by atoms with Gasteiger partial charge in [0.15, 0.2) is 10.9 Å². The van der Waals surface area contributed by atoms with Crippen molar-refractivity contribution in [2.75, 3.05) is 0 Å². The Labute approximate surface area is 199 Å². The second-order valence-corrected chi connectivity index (χ2v) is 8.89. The fourth-order valence-corrected chi connectivity index (χ4v) is 4.48. The first-order chi connectivity index (χ1) is 15.4. The standard InChI is InChI=1S/C24H17Cl2FN2O2S/c1-14-3-2-4-15(9-14)13-31-22-19(25)10-16(11-20(22)26)12-21-23(30)29-24(32-21)28-18-7-5-17(27)6-8-18/h2-12H,13H2,1H3,(H,28,29,30)/b21-12+. The quantitative estimate of drug-likeness (QED) is 0.398. The molecule has 8 heteroatoms. The van der Waals surface area contributed by atoms with E-state index in [4.69, 9.17) is 27.9 Å². The molecular formula is C24H17Cl2FN2O2S. The van der Waals surface area contributed by atoms with Gasteiger partial charge < -0.3 is 10.1 Å². The third-order valence-electron chi connectivity index (χ3n) is 4.49. The third kappa shape index (κ3) is 5.51. The summed E-state index contributed by atoms with van der Waals surface area (Å²) in [6.45, 7) is 2.35. The van der Waals surface area contributed by atoms with Gasteiger partial charge in [-0.1, -0.05) is 53.0 Å². The van der Waals surface area contributed by atoms with Crippen LogP contribution in [0.3, 0.4) is 0 Å². The van der Waals surface area contributed by atoms with Crippen LogP contribution in [0, 0.1) is 12.7 Å². The van der Waals surface area contributed by atoms with Gasteiger partial charge in [-0.25, -0.2) is 9.38 Å². The Morgan fingerprint density at radius 2 is 1.81 bits per heavy atom. The molecule has 1 amide bonds. The van der Waals surface area contributed by atoms with Gasteiger partial charge >= 0.3 is 0 Å². The lowest BCUT2D eigenvalue weighted by atomic mass is 10.1. The van der Waals surface area contributed by atoms with Gasteiger partial charge in [-0.2, -0.15) is 0 Å². The number of amides is 1. The first-order valence-electron chi connectivity index (χ1n) is 9.60. The highest BCUT2D eigenvalue weighted by molar-refractivity contribution is 8.18. The van der Waals surface area contributed by atoms with Crippen LogP contribution in [-0.2, 0) is 11.4 Å². The Kier molecular flexibility index (Phi) is 6.84. The van der Waals surface area contributed by atoms with Crippen LogP contribution >= 0.6 is 35.0 Å². The number of halogens is 3. The summed E-state index contributed by atoms with van der Waals surface area (Å²) in [5.41, 5.74) is 3.34. The number of benzene rings is 3. The van der Waals surface area contributed by atoms with Crippen LogP contribution in [0.1, 0.15) is 16.7 Å². The van der Waals surface area contributed by atoms with E-state index in [9.17, 15) is 9.18 Å². The Hall–Kier alpha value is -2.80. The number of carbonyl (C=O) groups excluding carboxylic acids is 1. The molecular weight excluding hydrogens is 470 g/mol. The van der Waals surface area contributed by atoms with E-state index < -0.39 is 0 Å². The van der Waals surface area contributed by atoms with E-state index in [1.807, 2.05) is 31.2 Å². The summed E-state index contributed by atoms with van der Waals surface area (Å²) in [6, 6.07) is 17.0. The molecule has 0 bridgehead atoms. The molecule has 0 spiro atoms. The van der Waals surface area contributed by atoms with E-state index in [1.54, 1.807) is 18.2 Å². The SMILES string of the molecule is Cc1cccc(COc2c(Cl)cc(/C=C3/SC(=Nc4ccc(F)cc4)NC3=O)cc2Cl)c1. The van der Waals surface area contributed by atoms with Gasteiger partial charge in [0, 0.05) is 0 Å². The zero-order chi connectivity index (χ0) is 22.7. The van der Waals surface area contributed by atoms with Gasteiger partial charge in [-0.05, 0) is 72.3 Å². The first-order valence-corrected chi connectivity index (χ1v) is 11.2. The number of carbonyl (C=O) groups is 1. The number of aliphatic imine (C=N–C) groups is 1. The lowest BCUT2D eigenvalue weighted by molar-refractivity contribution is -0.115. The summed E-state index contributed by atoms with van der Waals surface area (Å²) in [5, 5.41) is 3.79. The molecule has 0 unspecified atom stereocenters. The van der Waals surface area contributed by atoms with Crippen molar-refractivity contribution in [2.24, 2.45) is 4.99 Å². The number of aryl methyl sites for hydroxylation is 1. The molecule has 162 valence electrons. The Morgan fingerprint density at radius 3 is 2.50 bits per heavy atom. The van der Waals surface area contributed by atoms with Gasteiger partial charge in [0.25, 0.3) is 5.91 Å². The normalized spacial score (nSPS) is 15.9. The van der Waals surface area contributed by atoms with Crippen molar-refractivity contribution in [2.45, 2.75) is 13.5 Å². The van der Waals surface area contributed by atoms with Crippen LogP contribution in [0.25, 0.3) is 6.08 Å². The molecule has 1 fully saturated rings. The molecule has 1 heterocycles. The predicted molar refractivity (Wildman–Crippen MR) is 129 cm³/mol. The number of ether oxygens (including phenoxy) is 1. The van der Waals surface area contributed by atoms with Gasteiger partial charge in [0.1, 0.15) is 12.4 Å². The second-order valence-electron chi connectivity index (χ2n) is 7.05. The van der Waals surface area contributed by atoms with Crippen LogP contribution in [0.2, 0.25) is 10.0 Å². The number of thioether (sulfide) groups is 1. The van der Waals surface area contributed by atoms with Crippen molar-refractivity contribution in [1.82, 2.24) is 5.32 Å². The molecule has 3 aromatic rings. The summed E-state index contributed by atoms with van der Waals surface area (Å²) in [4.78, 5) is 17.1. The van der Waals surface area contributed by atoms with Crippen LogP contribution in [-0.4, -0.2) is 11.1 Å². The molecule has 0 atom stereocenters. The minimum atomic E-state index is -0.349. The van der Waals surface area contributed by atoms with E-state index in [1.165, 1.54) is 36.0 Å². The lowest BCUT2D eigenvalue weighted by Gasteiger charge is -2.11. The predicted octanol–water partition coefficient (Wildman–Crippen LogP) is 6.91. The van der Waals surface area contributed by atoms with Gasteiger partial charge in [-0.15, -0.1) is 0 Å². The zero-order valence-electron chi connectivity index (χ0n) is 16.9. The van der Waals surface area contributed by atoms with Crippen molar-refractivity contribution >= 4 is 57.8 Å². The maximum atomic E-state index is 13.0. The molecule has 0 radical (unpaired) electrons. The van der Waals surface area contributed by atoms with E-state index in [0.717, 1.165) is 11.1 Å². The van der Waals surface area contributed by atoms with Gasteiger partial charge in [0.05, 0.1) is 20.6 Å². The molecule has 0 saturated carbocycles. The number of hydrogen-bond acceptors (Lipinski definition) is 4. The smallest absolute Gasteiger partial charge is 0.264 e. The molecule has 1 aliphatic heterocycles. The molecule has 1 aliphatic rings. The summed E-state index contributed by atoms with van der Waals surface area (Å²) in [7, 11) is 0. The van der Waals surface area contributed by atoms with Crippen LogP contribution in [0.5, 0.6) is 5.75 Å². The molecule has 1 N–H and O–H groups in total. The monoisotopic (exact) mass is 486 g/mol. The molecule has 4 rings (SSSR count). The van der Waals surface area contributed by atoms with Crippen molar-refractivity contribution < 1.29 is 13.9 Å². The highest BCUT2D eigenvalue weighted by Gasteiger charge is 2.24. The summed E-state index contributed by atoms with van der Waals surface area (Å²) in [6.07, 6.45) is 1.68. The van der Waals surface area contributed by atoms with E-state index >= 15 is 0 Å². The topological polar surface area (TPSA) is 50.7 Å². The second kappa shape index (κ2) is 9.77. The number of nitrogens with zero attached hydrogens (tertiary/aromatic N) is 1. The highest BCUT2D eigenvalue weighted by Crippen LogP contribution is 2.37. The summed E-state index contributed by atoms with van der Waals surface area (Å²) in [5.74, 6) is -0.250. The molecule has 0 aliphatic carbocycles. The fourth-order valence-electron chi connectivity index (χ4n) is 3.02. The Balaban J connectivity index is 1.50. The fraction of sp³-hybridized carbons (Fsp3) is 0.0833. The van der Waals surface area contributed by atoms with E-state index in [-0.39, 0.29) is 11.7 Å². The molecule has 1 saturated heterocycles. The average Bonchev–Trinajstić information content (AvgIpc) is 3.08. The number of amidine groups is 1. The number of hydrogen-bond donors (Lipinski definition) is 1. The Bertz CT molecular complexity index is 1220. The van der Waals surface area contributed by atoms with E-state index in [0.29, 0.717) is 43.7 Å². The van der Waals surface area contributed by atoms with Crippen molar-refractivity contribution in [3.05, 3.63) is 98.1 Å². The molecule has 3 aromatic carbocycles. The van der Waals surface area contributed by atoms with Gasteiger partial charge in [0.2, 0.25) is 0 Å². The first kappa shape index (κ1) is 22.4. The van der Waals surface area contributed by atoms with Gasteiger partial charge in [-0.3, -0.25) is 4.79 Å². The minimum absolute atomic E-state index is 0.289. The van der Waals surface area contributed by atoms with Crippen molar-refractivity contribution in [1.29, 1.82) is 0 Å². The maximum Gasteiger partial charge on any atom is 0.264 e. The third-order valence-corrected chi connectivity index (χ3v) is 5.96. The van der Waals surface area contributed by atoms with Crippen molar-refractivity contribution in [3.63, 3.8) is 0 Å². The molecule has 4 nitrogen and oxygen atoms in total. The largest absolute Gasteiger partial charge is 0.486 e. The highest BCUT2D eigenvalue weighted by atomic mass is 35.5. The average molecular weight is 487 g/mol. The van der Waals surface area contributed by atoms with Crippen molar-refractivity contribution in [3.8, 4) is 5.75 Å². The van der Waals surface area contributed by atoms with E-state index in [2.05, 4.69) is 10.3 Å². The minimum Gasteiger partial charge on any atom is -0.486 e. The number of nitrogens with one attached hydrogen (secondary N) is 1. The van der Waals surface area contributed by atoms with Crippen LogP contribution in [0.4, 0.5) is 10.1 Å². The van der Waals surface area contributed by atoms with Crippen LogP contribution in [0.15, 0.2) is 70.6 Å². The number of rotatable bonds is 5. The Morgan fingerprint density at radius 1 is 1.09 bits per heavy atom. The van der Waals surface area contributed by atoms with Crippen LogP contribution < -0.4 is 10.1 Å². The molecule has 0 aromatic heterocycles.